The predicted octanol–water partition coefficient (Wildman–Crippen LogP) is 3.93. The summed E-state index contributed by atoms with van der Waals surface area (Å²) in [6.07, 6.45) is 0.800. The van der Waals surface area contributed by atoms with Crippen molar-refractivity contribution < 1.29 is 37.7 Å². The van der Waals surface area contributed by atoms with Gasteiger partial charge >= 0.3 is 11.9 Å². The normalized spacial score (nSPS) is 13.4. The van der Waals surface area contributed by atoms with Crippen LogP contribution in [-0.4, -0.2) is 48.9 Å². The molecule has 1 amide bonds. The molecule has 0 saturated carbocycles. The van der Waals surface area contributed by atoms with Crippen LogP contribution in [0.4, 0.5) is 4.39 Å². The summed E-state index contributed by atoms with van der Waals surface area (Å²) in [4.78, 5) is 40.8. The standard InChI is InChI=1S/C26H33FN2O7/c1-14(2)22(20-9-8-19(27)12-15(20)3)17(5)36-26(32)16(4)29-25(31)23-24(35-13-34-18(6)30)21(33-7)10-11-28-23/h8-12,14,16-17,22H,13H2,1-7H3,(H,29,31). The number of benzene rings is 1. The Balaban J connectivity index is 2.14. The number of esters is 2. The second-order valence-corrected chi connectivity index (χ2v) is 8.70. The smallest absolute Gasteiger partial charge is 0.328 e. The lowest BCUT2D eigenvalue weighted by Crippen LogP contribution is -2.42. The zero-order valence-corrected chi connectivity index (χ0v) is 21.6. The number of ether oxygens (including phenoxy) is 4. The lowest BCUT2D eigenvalue weighted by atomic mass is 9.82. The number of nitrogens with one attached hydrogen (secondary N) is 1. The van der Waals surface area contributed by atoms with Crippen LogP contribution in [0.15, 0.2) is 30.5 Å². The maximum absolute atomic E-state index is 13.6. The molecule has 0 radical (unpaired) electrons. The Morgan fingerprint density at radius 2 is 1.81 bits per heavy atom. The van der Waals surface area contributed by atoms with E-state index >= 15 is 0 Å². The highest BCUT2D eigenvalue weighted by molar-refractivity contribution is 5.98. The van der Waals surface area contributed by atoms with E-state index in [-0.39, 0.29) is 34.8 Å². The van der Waals surface area contributed by atoms with Crippen molar-refractivity contribution in [2.75, 3.05) is 13.9 Å². The van der Waals surface area contributed by atoms with Gasteiger partial charge in [0.05, 0.1) is 7.11 Å². The Morgan fingerprint density at radius 1 is 1.11 bits per heavy atom. The van der Waals surface area contributed by atoms with E-state index in [1.807, 2.05) is 20.8 Å². The molecule has 0 bridgehead atoms. The quantitative estimate of drug-likeness (QED) is 0.362. The van der Waals surface area contributed by atoms with E-state index in [2.05, 4.69) is 10.3 Å². The SMILES string of the molecule is COc1ccnc(C(=O)NC(C)C(=O)OC(C)C(c2ccc(F)cc2C)C(C)C)c1OCOC(C)=O. The molecule has 0 aliphatic rings. The number of methoxy groups -OCH3 is 1. The second-order valence-electron chi connectivity index (χ2n) is 8.70. The van der Waals surface area contributed by atoms with Gasteiger partial charge in [-0.25, -0.2) is 14.2 Å². The average Bonchev–Trinajstić information content (AvgIpc) is 2.80. The lowest BCUT2D eigenvalue weighted by Gasteiger charge is -2.30. The minimum atomic E-state index is -1.02. The van der Waals surface area contributed by atoms with Gasteiger partial charge in [0.15, 0.2) is 17.2 Å². The largest absolute Gasteiger partial charge is 0.493 e. The summed E-state index contributed by atoms with van der Waals surface area (Å²) in [6, 6.07) is 5.00. The average molecular weight is 505 g/mol. The lowest BCUT2D eigenvalue weighted by molar-refractivity contribution is -0.152. The molecule has 1 heterocycles. The van der Waals surface area contributed by atoms with Gasteiger partial charge in [-0.3, -0.25) is 9.59 Å². The fourth-order valence-corrected chi connectivity index (χ4v) is 3.91. The van der Waals surface area contributed by atoms with Crippen LogP contribution in [-0.2, 0) is 19.1 Å². The van der Waals surface area contributed by atoms with Gasteiger partial charge in [-0.05, 0) is 49.9 Å². The molecule has 0 aliphatic carbocycles. The van der Waals surface area contributed by atoms with Gasteiger partial charge in [0.1, 0.15) is 18.0 Å². The van der Waals surface area contributed by atoms with Crippen molar-refractivity contribution in [1.29, 1.82) is 0 Å². The highest BCUT2D eigenvalue weighted by Crippen LogP contribution is 2.33. The van der Waals surface area contributed by atoms with Crippen LogP contribution in [0, 0.1) is 18.7 Å². The van der Waals surface area contributed by atoms with Crippen LogP contribution in [0.5, 0.6) is 11.5 Å². The van der Waals surface area contributed by atoms with Crippen LogP contribution in [0.1, 0.15) is 62.2 Å². The minimum Gasteiger partial charge on any atom is -0.493 e. The van der Waals surface area contributed by atoms with Crippen molar-refractivity contribution in [3.8, 4) is 11.5 Å². The highest BCUT2D eigenvalue weighted by atomic mass is 19.1. The minimum absolute atomic E-state index is 0.0423. The Kier molecular flexibility index (Phi) is 10.2. The summed E-state index contributed by atoms with van der Waals surface area (Å²) >= 11 is 0. The Bertz CT molecular complexity index is 1090. The van der Waals surface area contributed by atoms with Gasteiger partial charge in [-0.2, -0.15) is 0 Å². The van der Waals surface area contributed by atoms with Crippen LogP contribution in [0.3, 0.4) is 0 Å². The first-order valence-electron chi connectivity index (χ1n) is 11.5. The number of carbonyl (C=O) groups excluding carboxylic acids is 3. The molecule has 10 heteroatoms. The molecule has 1 aromatic heterocycles. The number of aromatic nitrogens is 1. The van der Waals surface area contributed by atoms with E-state index in [0.717, 1.165) is 11.1 Å². The number of carbonyl (C=O) groups is 3. The number of halogens is 1. The van der Waals surface area contributed by atoms with E-state index < -0.39 is 36.8 Å². The molecule has 0 fully saturated rings. The van der Waals surface area contributed by atoms with E-state index in [9.17, 15) is 18.8 Å². The van der Waals surface area contributed by atoms with Gasteiger partial charge in [0.25, 0.3) is 5.91 Å². The van der Waals surface area contributed by atoms with Gasteiger partial charge < -0.3 is 24.3 Å². The van der Waals surface area contributed by atoms with Crippen LogP contribution >= 0.6 is 0 Å². The maximum atomic E-state index is 13.6. The molecular formula is C26H33FN2O7. The number of rotatable bonds is 11. The predicted molar refractivity (Wildman–Crippen MR) is 129 cm³/mol. The molecule has 2 rings (SSSR count). The van der Waals surface area contributed by atoms with E-state index in [0.29, 0.717) is 0 Å². The summed E-state index contributed by atoms with van der Waals surface area (Å²) < 4.78 is 34.7. The zero-order chi connectivity index (χ0) is 27.0. The van der Waals surface area contributed by atoms with Crippen molar-refractivity contribution >= 4 is 17.8 Å². The molecule has 2 aromatic rings. The first-order chi connectivity index (χ1) is 17.0. The number of nitrogens with zero attached hydrogens (tertiary/aromatic N) is 1. The van der Waals surface area contributed by atoms with E-state index in [1.54, 1.807) is 13.0 Å². The summed E-state index contributed by atoms with van der Waals surface area (Å²) in [5.41, 5.74) is 1.50. The van der Waals surface area contributed by atoms with Crippen LogP contribution < -0.4 is 14.8 Å². The van der Waals surface area contributed by atoms with E-state index in [1.165, 1.54) is 45.4 Å². The summed E-state index contributed by atoms with van der Waals surface area (Å²) in [6.45, 7) is 9.82. The molecule has 1 N–H and O–H groups in total. The molecule has 1 aromatic carbocycles. The fraction of sp³-hybridized carbons (Fsp3) is 0.462. The summed E-state index contributed by atoms with van der Waals surface area (Å²) in [5.74, 6) is -2.18. The topological polar surface area (TPSA) is 113 Å². The van der Waals surface area contributed by atoms with Gasteiger partial charge in [0, 0.05) is 25.1 Å². The Labute approximate surface area is 210 Å². The summed E-state index contributed by atoms with van der Waals surface area (Å²) in [5, 5.41) is 2.55. The zero-order valence-electron chi connectivity index (χ0n) is 21.6. The number of aryl methyl sites for hydroxylation is 1. The van der Waals surface area contributed by atoms with E-state index in [4.69, 9.17) is 18.9 Å². The second kappa shape index (κ2) is 12.9. The van der Waals surface area contributed by atoms with Gasteiger partial charge in [-0.1, -0.05) is 19.9 Å². The molecule has 3 atom stereocenters. The molecule has 9 nitrogen and oxygen atoms in total. The Morgan fingerprint density at radius 3 is 2.39 bits per heavy atom. The Hall–Kier alpha value is -3.69. The monoisotopic (exact) mass is 504 g/mol. The van der Waals surface area contributed by atoms with Crippen molar-refractivity contribution in [2.24, 2.45) is 5.92 Å². The van der Waals surface area contributed by atoms with Gasteiger partial charge in [-0.15, -0.1) is 0 Å². The molecule has 0 spiro atoms. The molecule has 0 saturated heterocycles. The summed E-state index contributed by atoms with van der Waals surface area (Å²) in [7, 11) is 1.38. The number of amides is 1. The number of hydrogen-bond donors (Lipinski definition) is 1. The molecule has 0 aliphatic heterocycles. The molecule has 196 valence electrons. The van der Waals surface area contributed by atoms with Crippen molar-refractivity contribution in [1.82, 2.24) is 10.3 Å². The fourth-order valence-electron chi connectivity index (χ4n) is 3.91. The molecular weight excluding hydrogens is 471 g/mol. The third kappa shape index (κ3) is 7.40. The van der Waals surface area contributed by atoms with Crippen molar-refractivity contribution in [3.05, 3.63) is 53.1 Å². The van der Waals surface area contributed by atoms with Crippen LogP contribution in [0.2, 0.25) is 0 Å². The van der Waals surface area contributed by atoms with Crippen LogP contribution in [0.25, 0.3) is 0 Å². The van der Waals surface area contributed by atoms with Crippen molar-refractivity contribution in [3.63, 3.8) is 0 Å². The number of pyridine rings is 1. The highest BCUT2D eigenvalue weighted by Gasteiger charge is 2.30. The first kappa shape index (κ1) is 28.5. The molecule has 3 unspecified atom stereocenters. The van der Waals surface area contributed by atoms with Crippen molar-refractivity contribution in [2.45, 2.75) is 59.6 Å². The first-order valence-corrected chi connectivity index (χ1v) is 11.5. The van der Waals surface area contributed by atoms with Gasteiger partial charge in [0.2, 0.25) is 6.79 Å². The third-order valence-corrected chi connectivity index (χ3v) is 5.59. The third-order valence-electron chi connectivity index (χ3n) is 5.59. The molecule has 36 heavy (non-hydrogen) atoms. The maximum Gasteiger partial charge on any atom is 0.328 e. The number of hydrogen-bond acceptors (Lipinski definition) is 8.